The van der Waals surface area contributed by atoms with E-state index in [-0.39, 0.29) is 11.7 Å². The van der Waals surface area contributed by atoms with Crippen LogP contribution < -0.4 is 15.8 Å². The molecule has 23 heavy (non-hydrogen) atoms. The molecule has 10 heteroatoms. The van der Waals surface area contributed by atoms with Gasteiger partial charge in [0.05, 0.1) is 19.6 Å². The molecule has 0 amide bonds. The van der Waals surface area contributed by atoms with Crippen molar-refractivity contribution in [2.45, 2.75) is 5.03 Å². The predicted molar refractivity (Wildman–Crippen MR) is 87.8 cm³/mol. The van der Waals surface area contributed by atoms with Gasteiger partial charge in [0.1, 0.15) is 16.4 Å². The Kier molecular flexibility index (Phi) is 4.33. The molecular weight excluding hydrogens is 318 g/mol. The van der Waals surface area contributed by atoms with Crippen LogP contribution >= 0.6 is 11.8 Å². The third kappa shape index (κ3) is 3.37. The van der Waals surface area contributed by atoms with Crippen molar-refractivity contribution in [2.24, 2.45) is 0 Å². The number of nitrogens with one attached hydrogen (secondary N) is 2. The zero-order chi connectivity index (χ0) is 16.2. The topological polar surface area (TPSA) is 135 Å². The summed E-state index contributed by atoms with van der Waals surface area (Å²) < 4.78 is 5.04. The van der Waals surface area contributed by atoms with Crippen molar-refractivity contribution >= 4 is 34.7 Å². The number of nitrogen functional groups attached to an aromatic ring is 1. The van der Waals surface area contributed by atoms with Crippen molar-refractivity contribution in [2.75, 3.05) is 30.5 Å². The zero-order valence-electron chi connectivity index (χ0n) is 12.3. The van der Waals surface area contributed by atoms with Crippen LogP contribution in [0, 0.1) is 0 Å². The van der Waals surface area contributed by atoms with Gasteiger partial charge in [0.25, 0.3) is 0 Å². The Morgan fingerprint density at radius 2 is 2.26 bits per heavy atom. The number of hydrogen-bond donors (Lipinski definition) is 4. The molecular formula is C13H15N7O2S. The summed E-state index contributed by atoms with van der Waals surface area (Å²) in [5.74, 6) is 1.93. The number of fused-ring (bicyclic) bond motifs is 1. The SMILES string of the molecule is COc1cc(NCCSc2nc(N)nc3nc[nH]c23)ncc1O. The number of aromatic nitrogens is 5. The van der Waals surface area contributed by atoms with Crippen LogP contribution in [-0.2, 0) is 0 Å². The first-order valence-electron chi connectivity index (χ1n) is 6.73. The summed E-state index contributed by atoms with van der Waals surface area (Å²) in [6.07, 6.45) is 2.90. The number of anilines is 2. The standard InChI is InChI=1S/C13H15N7O2S/c1-22-8-4-9(16-5-7(8)21)15-2-3-23-12-10-11(18-6-17-10)19-13(14)20-12/h4-6,21H,2-3H2,1H3,(H,15,16)(H3,14,17,18,19,20). The minimum atomic E-state index is 0.00511. The Bertz CT molecular complexity index is 823. The fourth-order valence-corrected chi connectivity index (χ4v) is 2.79. The van der Waals surface area contributed by atoms with Gasteiger partial charge in [0.2, 0.25) is 5.95 Å². The summed E-state index contributed by atoms with van der Waals surface area (Å²) in [6, 6.07) is 1.63. The second kappa shape index (κ2) is 6.57. The van der Waals surface area contributed by atoms with Crippen molar-refractivity contribution in [1.82, 2.24) is 24.9 Å². The lowest BCUT2D eigenvalue weighted by molar-refractivity contribution is 0.372. The highest BCUT2D eigenvalue weighted by atomic mass is 32.2. The summed E-state index contributed by atoms with van der Waals surface area (Å²) in [6.45, 7) is 0.644. The highest BCUT2D eigenvalue weighted by Gasteiger charge is 2.09. The molecule has 0 saturated heterocycles. The maximum absolute atomic E-state index is 9.51. The lowest BCUT2D eigenvalue weighted by Gasteiger charge is -2.08. The van der Waals surface area contributed by atoms with Crippen molar-refractivity contribution < 1.29 is 9.84 Å². The summed E-state index contributed by atoms with van der Waals surface area (Å²) in [4.78, 5) is 19.4. The Hall–Kier alpha value is -2.75. The molecule has 0 aliphatic heterocycles. The van der Waals surface area contributed by atoms with Gasteiger partial charge in [-0.2, -0.15) is 4.98 Å². The van der Waals surface area contributed by atoms with Gasteiger partial charge in [0.15, 0.2) is 17.1 Å². The molecule has 0 radical (unpaired) electrons. The van der Waals surface area contributed by atoms with E-state index in [0.29, 0.717) is 23.8 Å². The van der Waals surface area contributed by atoms with Crippen molar-refractivity contribution in [3.63, 3.8) is 0 Å². The van der Waals surface area contributed by atoms with E-state index in [0.717, 1.165) is 16.3 Å². The molecule has 0 aliphatic carbocycles. The van der Waals surface area contributed by atoms with Crippen molar-refractivity contribution in [1.29, 1.82) is 0 Å². The molecule has 3 heterocycles. The highest BCUT2D eigenvalue weighted by molar-refractivity contribution is 7.99. The van der Waals surface area contributed by atoms with Crippen LogP contribution in [0.3, 0.4) is 0 Å². The van der Waals surface area contributed by atoms with E-state index in [9.17, 15) is 5.11 Å². The third-order valence-corrected chi connectivity index (χ3v) is 3.96. The number of ether oxygens (including phenoxy) is 1. The van der Waals surface area contributed by atoms with Gasteiger partial charge < -0.3 is 25.9 Å². The molecule has 0 atom stereocenters. The Labute approximate surface area is 135 Å². The first-order chi connectivity index (χ1) is 11.2. The lowest BCUT2D eigenvalue weighted by Crippen LogP contribution is -2.06. The monoisotopic (exact) mass is 333 g/mol. The van der Waals surface area contributed by atoms with Gasteiger partial charge in [-0.1, -0.05) is 0 Å². The Balaban J connectivity index is 1.60. The van der Waals surface area contributed by atoms with Gasteiger partial charge in [-0.15, -0.1) is 11.8 Å². The number of aromatic hydroxyl groups is 1. The molecule has 0 aliphatic rings. The van der Waals surface area contributed by atoms with E-state index in [1.54, 1.807) is 12.4 Å². The number of nitrogens with two attached hydrogens (primary N) is 1. The minimum Gasteiger partial charge on any atom is -0.503 e. The number of pyridine rings is 1. The average Bonchev–Trinajstić information content (AvgIpc) is 3.01. The van der Waals surface area contributed by atoms with Crippen LogP contribution in [-0.4, -0.2) is 49.4 Å². The predicted octanol–water partition coefficient (Wildman–Crippen LogP) is 1.25. The van der Waals surface area contributed by atoms with E-state index in [2.05, 4.69) is 30.2 Å². The van der Waals surface area contributed by atoms with E-state index in [1.807, 2.05) is 0 Å². The van der Waals surface area contributed by atoms with Crippen molar-refractivity contribution in [3.05, 3.63) is 18.6 Å². The summed E-state index contributed by atoms with van der Waals surface area (Å²) in [5.41, 5.74) is 7.00. The molecule has 120 valence electrons. The van der Waals surface area contributed by atoms with Crippen LogP contribution in [0.5, 0.6) is 11.5 Å². The van der Waals surface area contributed by atoms with Gasteiger partial charge in [-0.05, 0) is 0 Å². The molecule has 5 N–H and O–H groups in total. The maximum Gasteiger partial charge on any atom is 0.223 e. The first-order valence-corrected chi connectivity index (χ1v) is 7.72. The number of H-pyrrole nitrogens is 1. The summed E-state index contributed by atoms with van der Waals surface area (Å²) in [7, 11) is 1.49. The molecule has 0 saturated carbocycles. The molecule has 0 fully saturated rings. The van der Waals surface area contributed by atoms with Gasteiger partial charge in [0, 0.05) is 18.4 Å². The summed E-state index contributed by atoms with van der Waals surface area (Å²) in [5, 5.41) is 13.4. The fraction of sp³-hybridized carbons (Fsp3) is 0.231. The molecule has 3 aromatic heterocycles. The molecule has 0 aromatic carbocycles. The van der Waals surface area contributed by atoms with Gasteiger partial charge in [-0.3, -0.25) is 0 Å². The second-order valence-corrected chi connectivity index (χ2v) is 5.59. The van der Waals surface area contributed by atoms with E-state index in [1.165, 1.54) is 25.1 Å². The average molecular weight is 333 g/mol. The normalized spacial score (nSPS) is 10.8. The van der Waals surface area contributed by atoms with E-state index in [4.69, 9.17) is 10.5 Å². The van der Waals surface area contributed by atoms with Crippen LogP contribution in [0.4, 0.5) is 11.8 Å². The number of imidazole rings is 1. The molecule has 3 rings (SSSR count). The maximum atomic E-state index is 9.51. The highest BCUT2D eigenvalue weighted by Crippen LogP contribution is 2.27. The number of rotatable bonds is 6. The van der Waals surface area contributed by atoms with E-state index < -0.39 is 0 Å². The molecule has 0 spiro atoms. The quantitative estimate of drug-likeness (QED) is 0.298. The smallest absolute Gasteiger partial charge is 0.223 e. The molecule has 9 nitrogen and oxygen atoms in total. The molecule has 3 aromatic rings. The van der Waals surface area contributed by atoms with Crippen LogP contribution in [0.1, 0.15) is 0 Å². The number of nitrogens with zero attached hydrogens (tertiary/aromatic N) is 4. The largest absolute Gasteiger partial charge is 0.503 e. The number of methoxy groups -OCH3 is 1. The van der Waals surface area contributed by atoms with Crippen LogP contribution in [0.2, 0.25) is 0 Å². The van der Waals surface area contributed by atoms with Gasteiger partial charge >= 0.3 is 0 Å². The number of aromatic amines is 1. The first kappa shape index (κ1) is 15.2. The second-order valence-electron chi connectivity index (χ2n) is 4.50. The molecule has 0 unspecified atom stereocenters. The van der Waals surface area contributed by atoms with Crippen LogP contribution in [0.15, 0.2) is 23.6 Å². The van der Waals surface area contributed by atoms with Crippen molar-refractivity contribution in [3.8, 4) is 11.5 Å². The Morgan fingerprint density at radius 1 is 1.39 bits per heavy atom. The Morgan fingerprint density at radius 3 is 3.09 bits per heavy atom. The number of thioether (sulfide) groups is 1. The lowest BCUT2D eigenvalue weighted by atomic mass is 10.4. The molecule has 0 bridgehead atoms. The fourth-order valence-electron chi connectivity index (χ4n) is 1.94. The van der Waals surface area contributed by atoms with Crippen LogP contribution in [0.25, 0.3) is 11.2 Å². The zero-order valence-corrected chi connectivity index (χ0v) is 13.1. The van der Waals surface area contributed by atoms with E-state index >= 15 is 0 Å². The minimum absolute atomic E-state index is 0.00511. The summed E-state index contributed by atoms with van der Waals surface area (Å²) >= 11 is 1.53. The number of hydrogen-bond acceptors (Lipinski definition) is 9. The van der Waals surface area contributed by atoms with Gasteiger partial charge in [-0.25, -0.2) is 15.0 Å². The third-order valence-electron chi connectivity index (χ3n) is 2.98.